The zero-order valence-corrected chi connectivity index (χ0v) is 18.1. The van der Waals surface area contributed by atoms with E-state index < -0.39 is 11.9 Å². The SMILES string of the molecule is O=C(Nc1cc(Br)cc2c1C(c1cc(F)ccc1Cl)NC2=O)c1cc2ccccc2[nH]1. The van der Waals surface area contributed by atoms with Gasteiger partial charge >= 0.3 is 0 Å². The van der Waals surface area contributed by atoms with Crippen molar-refractivity contribution in [3.05, 3.63) is 98.4 Å². The van der Waals surface area contributed by atoms with Gasteiger partial charge in [0.15, 0.2) is 0 Å². The van der Waals surface area contributed by atoms with Crippen LogP contribution < -0.4 is 10.6 Å². The van der Waals surface area contributed by atoms with Crippen LogP contribution in [0.2, 0.25) is 5.02 Å². The first-order chi connectivity index (χ1) is 14.9. The van der Waals surface area contributed by atoms with Gasteiger partial charge in [-0.15, -0.1) is 0 Å². The fourth-order valence-corrected chi connectivity index (χ4v) is 4.54. The van der Waals surface area contributed by atoms with Crippen LogP contribution in [0.5, 0.6) is 0 Å². The van der Waals surface area contributed by atoms with Crippen LogP contribution in [0.4, 0.5) is 10.1 Å². The molecule has 0 saturated carbocycles. The van der Waals surface area contributed by atoms with Crippen molar-refractivity contribution >= 4 is 55.9 Å². The third kappa shape index (κ3) is 3.49. The maximum atomic E-state index is 13.9. The lowest BCUT2D eigenvalue weighted by Crippen LogP contribution is -2.21. The van der Waals surface area contributed by atoms with E-state index >= 15 is 0 Å². The molecule has 2 amide bonds. The van der Waals surface area contributed by atoms with Gasteiger partial charge in [-0.1, -0.05) is 45.7 Å². The highest BCUT2D eigenvalue weighted by Gasteiger charge is 2.34. The molecule has 1 aromatic heterocycles. The van der Waals surface area contributed by atoms with Crippen molar-refractivity contribution in [1.29, 1.82) is 0 Å². The van der Waals surface area contributed by atoms with Crippen molar-refractivity contribution in [2.24, 2.45) is 0 Å². The lowest BCUT2D eigenvalue weighted by Gasteiger charge is -2.18. The average molecular weight is 499 g/mol. The van der Waals surface area contributed by atoms with Gasteiger partial charge in [-0.2, -0.15) is 0 Å². The second-order valence-corrected chi connectivity index (χ2v) is 8.53. The minimum Gasteiger partial charge on any atom is -0.351 e. The second-order valence-electron chi connectivity index (χ2n) is 7.21. The number of H-pyrrole nitrogens is 1. The normalized spacial score (nSPS) is 15.1. The number of para-hydroxylation sites is 1. The van der Waals surface area contributed by atoms with Crippen LogP contribution >= 0.6 is 27.5 Å². The van der Waals surface area contributed by atoms with Crippen LogP contribution in [0.25, 0.3) is 10.9 Å². The van der Waals surface area contributed by atoms with Crippen LogP contribution in [0.1, 0.15) is 38.0 Å². The number of aromatic amines is 1. The zero-order valence-electron chi connectivity index (χ0n) is 15.8. The number of amides is 2. The van der Waals surface area contributed by atoms with Crippen molar-refractivity contribution in [3.63, 3.8) is 0 Å². The molecular weight excluding hydrogens is 485 g/mol. The fourth-order valence-electron chi connectivity index (χ4n) is 3.86. The van der Waals surface area contributed by atoms with Gasteiger partial charge in [0.2, 0.25) is 0 Å². The lowest BCUT2D eigenvalue weighted by molar-refractivity contribution is 0.0959. The van der Waals surface area contributed by atoms with Gasteiger partial charge in [-0.05, 0) is 42.5 Å². The molecular formula is C23H14BrClFN3O2. The topological polar surface area (TPSA) is 74.0 Å². The van der Waals surface area contributed by atoms with E-state index in [-0.39, 0.29) is 11.8 Å². The molecule has 0 saturated heterocycles. The summed E-state index contributed by atoms with van der Waals surface area (Å²) in [5.41, 5.74) is 2.98. The molecule has 31 heavy (non-hydrogen) atoms. The summed E-state index contributed by atoms with van der Waals surface area (Å²) < 4.78 is 14.5. The molecule has 0 spiro atoms. The molecule has 0 bridgehead atoms. The first-order valence-electron chi connectivity index (χ1n) is 9.39. The largest absolute Gasteiger partial charge is 0.351 e. The number of rotatable bonds is 3. The predicted molar refractivity (Wildman–Crippen MR) is 121 cm³/mol. The maximum Gasteiger partial charge on any atom is 0.272 e. The third-order valence-electron chi connectivity index (χ3n) is 5.25. The molecule has 1 unspecified atom stereocenters. The molecule has 3 N–H and O–H groups in total. The number of halogens is 3. The van der Waals surface area contributed by atoms with Crippen LogP contribution in [-0.2, 0) is 0 Å². The van der Waals surface area contributed by atoms with Crippen LogP contribution in [0.15, 0.2) is 65.1 Å². The molecule has 0 radical (unpaired) electrons. The van der Waals surface area contributed by atoms with Crippen molar-refractivity contribution in [3.8, 4) is 0 Å². The standard InChI is InChI=1S/C23H14BrClFN3O2/c24-12-8-15-20(21(29-22(15)30)14-10-13(26)5-6-16(14)25)18(9-12)28-23(31)19-7-11-3-1-2-4-17(11)27-19/h1-10,21,27H,(H,28,31)(H,29,30). The Kier molecular flexibility index (Phi) is 4.79. The molecule has 0 aliphatic carbocycles. The number of benzene rings is 3. The first-order valence-corrected chi connectivity index (χ1v) is 10.6. The monoisotopic (exact) mass is 497 g/mol. The van der Waals surface area contributed by atoms with Crippen molar-refractivity contribution in [1.82, 2.24) is 10.3 Å². The Morgan fingerprint density at radius 1 is 1.10 bits per heavy atom. The maximum absolute atomic E-state index is 13.9. The van der Waals surface area contributed by atoms with E-state index in [1.807, 2.05) is 24.3 Å². The summed E-state index contributed by atoms with van der Waals surface area (Å²) in [6, 6.07) is 16.0. The zero-order chi connectivity index (χ0) is 21.7. The van der Waals surface area contributed by atoms with Crippen molar-refractivity contribution in [2.45, 2.75) is 6.04 Å². The van der Waals surface area contributed by atoms with Gasteiger partial charge < -0.3 is 15.6 Å². The molecule has 5 rings (SSSR count). The number of carbonyl (C=O) groups excluding carboxylic acids is 2. The van der Waals surface area contributed by atoms with E-state index in [0.29, 0.717) is 37.6 Å². The van der Waals surface area contributed by atoms with Crippen LogP contribution in [0.3, 0.4) is 0 Å². The Labute approximate surface area is 189 Å². The Hall–Kier alpha value is -3.16. The Morgan fingerprint density at radius 2 is 1.90 bits per heavy atom. The molecule has 154 valence electrons. The number of aromatic nitrogens is 1. The Balaban J connectivity index is 1.58. The summed E-state index contributed by atoms with van der Waals surface area (Å²) in [4.78, 5) is 28.7. The smallest absolute Gasteiger partial charge is 0.272 e. The van der Waals surface area contributed by atoms with Crippen LogP contribution in [-0.4, -0.2) is 16.8 Å². The van der Waals surface area contributed by atoms with E-state index in [2.05, 4.69) is 31.5 Å². The third-order valence-corrected chi connectivity index (χ3v) is 6.05. The van der Waals surface area contributed by atoms with E-state index in [0.717, 1.165) is 10.9 Å². The highest BCUT2D eigenvalue weighted by Crippen LogP contribution is 2.41. The average Bonchev–Trinajstić information content (AvgIpc) is 3.31. The Morgan fingerprint density at radius 3 is 2.71 bits per heavy atom. The molecule has 5 nitrogen and oxygen atoms in total. The van der Waals surface area contributed by atoms with Gasteiger partial charge in [0, 0.05) is 42.8 Å². The number of fused-ring (bicyclic) bond motifs is 2. The van der Waals surface area contributed by atoms with E-state index in [1.54, 1.807) is 18.2 Å². The minimum atomic E-state index is -0.697. The number of anilines is 1. The number of hydrogen-bond acceptors (Lipinski definition) is 2. The van der Waals surface area contributed by atoms with E-state index in [1.165, 1.54) is 18.2 Å². The number of nitrogens with one attached hydrogen (secondary N) is 3. The summed E-state index contributed by atoms with van der Waals surface area (Å²) in [5.74, 6) is -1.16. The molecule has 4 aromatic rings. The van der Waals surface area contributed by atoms with Gasteiger partial charge in [-0.3, -0.25) is 9.59 Å². The van der Waals surface area contributed by atoms with Gasteiger partial charge in [-0.25, -0.2) is 4.39 Å². The summed E-state index contributed by atoms with van der Waals surface area (Å²) in [5, 5.41) is 6.95. The van der Waals surface area contributed by atoms with Crippen LogP contribution in [0, 0.1) is 5.82 Å². The molecule has 8 heteroatoms. The predicted octanol–water partition coefficient (Wildman–Crippen LogP) is 5.81. The van der Waals surface area contributed by atoms with E-state index in [4.69, 9.17) is 11.6 Å². The fraction of sp³-hybridized carbons (Fsp3) is 0.0435. The van der Waals surface area contributed by atoms with Crippen molar-refractivity contribution < 1.29 is 14.0 Å². The second kappa shape index (κ2) is 7.51. The summed E-state index contributed by atoms with van der Waals surface area (Å²) >= 11 is 9.70. The highest BCUT2D eigenvalue weighted by atomic mass is 79.9. The van der Waals surface area contributed by atoms with Crippen molar-refractivity contribution in [2.75, 3.05) is 5.32 Å². The summed E-state index contributed by atoms with van der Waals surface area (Å²) in [6.07, 6.45) is 0. The highest BCUT2D eigenvalue weighted by molar-refractivity contribution is 9.10. The van der Waals surface area contributed by atoms with Gasteiger partial charge in [0.1, 0.15) is 11.5 Å². The quantitative estimate of drug-likeness (QED) is 0.334. The minimum absolute atomic E-state index is 0.315. The van der Waals surface area contributed by atoms with Gasteiger partial charge in [0.25, 0.3) is 11.8 Å². The molecule has 3 aromatic carbocycles. The number of carbonyl (C=O) groups is 2. The summed E-state index contributed by atoms with van der Waals surface area (Å²) in [6.45, 7) is 0. The lowest BCUT2D eigenvalue weighted by atomic mass is 9.96. The number of hydrogen-bond donors (Lipinski definition) is 3. The molecule has 1 atom stereocenters. The van der Waals surface area contributed by atoms with Gasteiger partial charge in [0.05, 0.1) is 6.04 Å². The Bertz CT molecular complexity index is 1350. The molecule has 0 fully saturated rings. The van der Waals surface area contributed by atoms with E-state index in [9.17, 15) is 14.0 Å². The molecule has 2 heterocycles. The molecule has 1 aliphatic rings. The first kappa shape index (κ1) is 19.8. The summed E-state index contributed by atoms with van der Waals surface area (Å²) in [7, 11) is 0. The molecule has 1 aliphatic heterocycles.